The molecule has 2 N–H and O–H groups in total. The van der Waals surface area contributed by atoms with Crippen molar-refractivity contribution < 1.29 is 13.5 Å². The fourth-order valence-electron chi connectivity index (χ4n) is 1.94. The van der Waals surface area contributed by atoms with Crippen LogP contribution in [0.5, 0.6) is 5.75 Å². The number of aryl methyl sites for hydroxylation is 1. The summed E-state index contributed by atoms with van der Waals surface area (Å²) in [6.07, 6.45) is 0. The Morgan fingerprint density at radius 3 is 2.57 bits per heavy atom. The summed E-state index contributed by atoms with van der Waals surface area (Å²) < 4.78 is 27.2. The van der Waals surface area contributed by atoms with E-state index in [9.17, 15) is 13.5 Å². The number of thiazole rings is 1. The van der Waals surface area contributed by atoms with Gasteiger partial charge in [-0.1, -0.05) is 0 Å². The van der Waals surface area contributed by atoms with Crippen molar-refractivity contribution in [2.75, 3.05) is 0 Å². The van der Waals surface area contributed by atoms with Gasteiger partial charge in [-0.15, -0.1) is 22.7 Å². The van der Waals surface area contributed by atoms with E-state index in [2.05, 4.69) is 9.71 Å². The number of nitrogens with zero attached hydrogens (tertiary/aromatic N) is 1. The number of phenols is 1. The maximum atomic E-state index is 12.2. The molecule has 2 aromatic heterocycles. The number of nitrogens with one attached hydrogen (secondary N) is 1. The normalized spacial score (nSPS) is 11.7. The molecule has 0 aliphatic rings. The van der Waals surface area contributed by atoms with Gasteiger partial charge in [0.2, 0.25) is 10.0 Å². The van der Waals surface area contributed by atoms with Gasteiger partial charge >= 0.3 is 0 Å². The molecule has 0 aliphatic heterocycles. The van der Waals surface area contributed by atoms with Crippen LogP contribution in [0.1, 0.15) is 9.88 Å². The minimum absolute atomic E-state index is 0.155. The lowest BCUT2D eigenvalue weighted by Gasteiger charge is -2.02. The summed E-state index contributed by atoms with van der Waals surface area (Å²) in [6.45, 7) is 2.02. The second-order valence-electron chi connectivity index (χ2n) is 4.86. The Bertz CT molecular complexity index is 912. The fraction of sp³-hybridized carbons (Fsp3) is 0.133. The van der Waals surface area contributed by atoms with Gasteiger partial charge in [0.15, 0.2) is 0 Å². The Balaban J connectivity index is 1.71. The van der Waals surface area contributed by atoms with Crippen LogP contribution in [0.25, 0.3) is 11.3 Å². The molecule has 0 radical (unpaired) electrons. The molecule has 2 heterocycles. The number of rotatable bonds is 5. The van der Waals surface area contributed by atoms with E-state index < -0.39 is 10.0 Å². The van der Waals surface area contributed by atoms with Crippen LogP contribution < -0.4 is 4.72 Å². The van der Waals surface area contributed by atoms with Crippen molar-refractivity contribution in [2.45, 2.75) is 17.7 Å². The highest BCUT2D eigenvalue weighted by atomic mass is 32.2. The van der Waals surface area contributed by atoms with Crippen LogP contribution in [0.2, 0.25) is 0 Å². The lowest BCUT2D eigenvalue weighted by Crippen LogP contribution is -2.22. The van der Waals surface area contributed by atoms with E-state index >= 15 is 0 Å². The standard InChI is InChI=1S/C15H14N2O3S3/c1-10-2-7-15(22-10)23(19,20)16-8-14-17-13(9-21-14)11-3-5-12(18)6-4-11/h2-7,9,16,18H,8H2,1H3. The van der Waals surface area contributed by atoms with Crippen molar-refractivity contribution in [3.63, 3.8) is 0 Å². The molecular weight excluding hydrogens is 352 g/mol. The molecule has 0 saturated heterocycles. The third-order valence-electron chi connectivity index (χ3n) is 3.11. The zero-order valence-electron chi connectivity index (χ0n) is 12.2. The van der Waals surface area contributed by atoms with Crippen molar-refractivity contribution in [1.82, 2.24) is 9.71 Å². The van der Waals surface area contributed by atoms with E-state index in [4.69, 9.17) is 0 Å². The van der Waals surface area contributed by atoms with Gasteiger partial charge in [0.25, 0.3) is 0 Å². The van der Waals surface area contributed by atoms with Crippen molar-refractivity contribution in [3.05, 3.63) is 51.7 Å². The van der Waals surface area contributed by atoms with Gasteiger partial charge in [0, 0.05) is 15.8 Å². The molecule has 1 aromatic carbocycles. The van der Waals surface area contributed by atoms with Crippen LogP contribution in [0.3, 0.4) is 0 Å². The average molecular weight is 366 g/mol. The predicted molar refractivity (Wildman–Crippen MR) is 92.3 cm³/mol. The van der Waals surface area contributed by atoms with E-state index in [0.717, 1.165) is 16.1 Å². The molecule has 0 bridgehead atoms. The summed E-state index contributed by atoms with van der Waals surface area (Å²) in [4.78, 5) is 5.38. The maximum absolute atomic E-state index is 12.2. The minimum atomic E-state index is -3.50. The molecule has 0 aliphatic carbocycles. The van der Waals surface area contributed by atoms with Gasteiger partial charge in [-0.25, -0.2) is 18.1 Å². The lowest BCUT2D eigenvalue weighted by molar-refractivity contribution is 0.475. The second-order valence-corrected chi connectivity index (χ2v) is 9.09. The molecule has 23 heavy (non-hydrogen) atoms. The molecular formula is C15H14N2O3S3. The van der Waals surface area contributed by atoms with Crippen LogP contribution in [0, 0.1) is 6.92 Å². The number of sulfonamides is 1. The van der Waals surface area contributed by atoms with Gasteiger partial charge in [0.05, 0.1) is 12.2 Å². The van der Waals surface area contributed by atoms with E-state index in [1.165, 1.54) is 22.7 Å². The molecule has 0 fully saturated rings. The number of phenolic OH excluding ortho intramolecular Hbond substituents is 1. The number of hydrogen-bond donors (Lipinski definition) is 2. The summed E-state index contributed by atoms with van der Waals surface area (Å²) in [5.74, 6) is 0.197. The smallest absolute Gasteiger partial charge is 0.250 e. The number of aromatic nitrogens is 1. The van der Waals surface area contributed by atoms with E-state index in [1.807, 2.05) is 12.3 Å². The molecule has 0 spiro atoms. The summed E-state index contributed by atoms with van der Waals surface area (Å²) in [6, 6.07) is 10.1. The van der Waals surface area contributed by atoms with Gasteiger partial charge < -0.3 is 5.11 Å². The highest BCUT2D eigenvalue weighted by Crippen LogP contribution is 2.24. The summed E-state index contributed by atoms with van der Waals surface area (Å²) >= 11 is 2.63. The largest absolute Gasteiger partial charge is 0.508 e. The number of thiophene rings is 1. The predicted octanol–water partition coefficient (Wildman–Crippen LogP) is 3.36. The monoisotopic (exact) mass is 366 g/mol. The first kappa shape index (κ1) is 16.1. The highest BCUT2D eigenvalue weighted by Gasteiger charge is 2.16. The third kappa shape index (κ3) is 3.78. The van der Waals surface area contributed by atoms with Crippen LogP contribution in [-0.4, -0.2) is 18.5 Å². The number of hydrogen-bond acceptors (Lipinski definition) is 6. The first-order valence-electron chi connectivity index (χ1n) is 6.74. The minimum Gasteiger partial charge on any atom is -0.508 e. The van der Waals surface area contributed by atoms with E-state index in [0.29, 0.717) is 9.22 Å². The van der Waals surface area contributed by atoms with Crippen molar-refractivity contribution in [2.24, 2.45) is 0 Å². The third-order valence-corrected chi connectivity index (χ3v) is 6.85. The van der Waals surface area contributed by atoms with Gasteiger partial charge in [-0.3, -0.25) is 0 Å². The molecule has 120 valence electrons. The first-order chi connectivity index (χ1) is 10.9. The molecule has 0 amide bonds. The second kappa shape index (κ2) is 6.40. The SMILES string of the molecule is Cc1ccc(S(=O)(=O)NCc2nc(-c3ccc(O)cc3)cs2)s1. The Morgan fingerprint density at radius 2 is 1.91 bits per heavy atom. The summed E-state index contributed by atoms with van der Waals surface area (Å²) in [7, 11) is -3.50. The van der Waals surface area contributed by atoms with Gasteiger partial charge in [0.1, 0.15) is 15.0 Å². The zero-order valence-corrected chi connectivity index (χ0v) is 14.6. The molecule has 3 aromatic rings. The average Bonchev–Trinajstić information content (AvgIpc) is 3.15. The topological polar surface area (TPSA) is 79.3 Å². The summed E-state index contributed by atoms with van der Waals surface area (Å²) in [5.41, 5.74) is 1.64. The summed E-state index contributed by atoms with van der Waals surface area (Å²) in [5, 5.41) is 11.9. The fourth-order valence-corrected chi connectivity index (χ4v) is 5.09. The van der Waals surface area contributed by atoms with Crippen molar-refractivity contribution in [3.8, 4) is 17.0 Å². The van der Waals surface area contributed by atoms with Crippen molar-refractivity contribution >= 4 is 32.7 Å². The van der Waals surface area contributed by atoms with E-state index in [-0.39, 0.29) is 12.3 Å². The van der Waals surface area contributed by atoms with Gasteiger partial charge in [-0.2, -0.15) is 0 Å². The highest BCUT2D eigenvalue weighted by molar-refractivity contribution is 7.91. The molecule has 0 unspecified atom stereocenters. The zero-order chi connectivity index (χ0) is 16.4. The van der Waals surface area contributed by atoms with Gasteiger partial charge in [-0.05, 0) is 43.3 Å². The lowest BCUT2D eigenvalue weighted by atomic mass is 10.2. The molecule has 8 heteroatoms. The Morgan fingerprint density at radius 1 is 1.17 bits per heavy atom. The van der Waals surface area contributed by atoms with Crippen LogP contribution in [0.15, 0.2) is 46.0 Å². The maximum Gasteiger partial charge on any atom is 0.250 e. The van der Waals surface area contributed by atoms with Crippen LogP contribution in [-0.2, 0) is 16.6 Å². The Labute approximate surface area is 142 Å². The van der Waals surface area contributed by atoms with Crippen molar-refractivity contribution in [1.29, 1.82) is 0 Å². The van der Waals surface area contributed by atoms with Crippen LogP contribution in [0.4, 0.5) is 0 Å². The van der Waals surface area contributed by atoms with E-state index in [1.54, 1.807) is 36.4 Å². The molecule has 0 saturated carbocycles. The first-order valence-corrected chi connectivity index (χ1v) is 9.92. The molecule has 5 nitrogen and oxygen atoms in total. The Kier molecular flexibility index (Phi) is 4.49. The quantitative estimate of drug-likeness (QED) is 0.726. The Hall–Kier alpha value is -1.74. The number of aromatic hydroxyl groups is 1. The number of benzene rings is 1. The van der Waals surface area contributed by atoms with Crippen LogP contribution >= 0.6 is 22.7 Å². The molecule has 3 rings (SSSR count). The molecule has 0 atom stereocenters.